The van der Waals surface area contributed by atoms with Crippen molar-refractivity contribution in [3.05, 3.63) is 48.0 Å². The minimum Gasteiger partial charge on any atom is -0.492 e. The number of sulfonamides is 1. The molecule has 0 spiro atoms. The van der Waals surface area contributed by atoms with Crippen LogP contribution in [0.5, 0.6) is 17.2 Å². The van der Waals surface area contributed by atoms with Gasteiger partial charge in [-0.15, -0.1) is 0 Å². The van der Waals surface area contributed by atoms with E-state index in [4.69, 9.17) is 14.2 Å². The zero-order valence-electron chi connectivity index (χ0n) is 14.9. The van der Waals surface area contributed by atoms with Gasteiger partial charge in [-0.25, -0.2) is 13.1 Å². The molecule has 0 bridgehead atoms. The first-order valence-corrected chi connectivity index (χ1v) is 10.1. The molecule has 0 radical (unpaired) electrons. The van der Waals surface area contributed by atoms with Crippen LogP contribution in [0.2, 0.25) is 0 Å². The molecule has 3 rings (SSSR count). The van der Waals surface area contributed by atoms with E-state index in [-0.39, 0.29) is 18.0 Å². The second-order valence-electron chi connectivity index (χ2n) is 6.24. The fourth-order valence-corrected chi connectivity index (χ4v) is 3.73. The lowest BCUT2D eigenvalue weighted by molar-refractivity contribution is 0.171. The molecular formula is C19H23NO5S. The van der Waals surface area contributed by atoms with Gasteiger partial charge in [0, 0.05) is 12.6 Å². The Balaban J connectivity index is 1.59. The van der Waals surface area contributed by atoms with Gasteiger partial charge in [-0.1, -0.05) is 32.0 Å². The van der Waals surface area contributed by atoms with E-state index < -0.39 is 10.0 Å². The molecule has 1 N–H and O–H groups in total. The van der Waals surface area contributed by atoms with Crippen molar-refractivity contribution in [3.63, 3.8) is 0 Å². The highest BCUT2D eigenvalue weighted by atomic mass is 32.2. The fraction of sp³-hybridized carbons (Fsp3) is 0.368. The molecule has 0 amide bonds. The van der Waals surface area contributed by atoms with E-state index in [2.05, 4.69) is 18.6 Å². The maximum Gasteiger partial charge on any atom is 0.240 e. The molecule has 0 saturated carbocycles. The molecule has 2 aromatic carbocycles. The summed E-state index contributed by atoms with van der Waals surface area (Å²) in [5.74, 6) is 2.12. The number of ether oxygens (including phenoxy) is 3. The van der Waals surface area contributed by atoms with Crippen LogP contribution in [0.25, 0.3) is 0 Å². The number of hydrogen-bond acceptors (Lipinski definition) is 5. The van der Waals surface area contributed by atoms with Crippen LogP contribution >= 0.6 is 0 Å². The standard InChI is InChI=1S/C19H23NO5S/c1-14(2)16-5-3-4-6-17(16)23-10-9-20-26(21,22)15-7-8-18-19(13-15)25-12-11-24-18/h3-8,13-14,20H,9-12H2,1-2H3. The number of nitrogens with one attached hydrogen (secondary N) is 1. The number of rotatable bonds is 7. The zero-order chi connectivity index (χ0) is 18.6. The molecule has 0 aromatic heterocycles. The lowest BCUT2D eigenvalue weighted by atomic mass is 10.0. The van der Waals surface area contributed by atoms with Crippen LogP contribution in [-0.4, -0.2) is 34.8 Å². The topological polar surface area (TPSA) is 73.9 Å². The van der Waals surface area contributed by atoms with Crippen LogP contribution in [0.3, 0.4) is 0 Å². The monoisotopic (exact) mass is 377 g/mol. The Kier molecular flexibility index (Phi) is 5.68. The smallest absolute Gasteiger partial charge is 0.240 e. The van der Waals surface area contributed by atoms with Gasteiger partial charge in [0.1, 0.15) is 25.6 Å². The molecule has 1 aliphatic rings. The molecule has 1 heterocycles. The molecule has 1 aliphatic heterocycles. The summed E-state index contributed by atoms with van der Waals surface area (Å²) in [6.07, 6.45) is 0. The van der Waals surface area contributed by atoms with Gasteiger partial charge in [0.2, 0.25) is 10.0 Å². The minimum atomic E-state index is -3.64. The first-order valence-electron chi connectivity index (χ1n) is 8.58. The van der Waals surface area contributed by atoms with Crippen LogP contribution in [0, 0.1) is 0 Å². The minimum absolute atomic E-state index is 0.143. The van der Waals surface area contributed by atoms with Gasteiger partial charge in [0.15, 0.2) is 11.5 Å². The Bertz CT molecular complexity index is 864. The fourth-order valence-electron chi connectivity index (χ4n) is 2.70. The van der Waals surface area contributed by atoms with E-state index in [1.807, 2.05) is 24.3 Å². The summed E-state index contributed by atoms with van der Waals surface area (Å²) in [6, 6.07) is 12.4. The third kappa shape index (κ3) is 4.28. The molecule has 6 nitrogen and oxygen atoms in total. The zero-order valence-corrected chi connectivity index (χ0v) is 15.7. The van der Waals surface area contributed by atoms with E-state index >= 15 is 0 Å². The van der Waals surface area contributed by atoms with E-state index in [1.54, 1.807) is 6.07 Å². The molecule has 26 heavy (non-hydrogen) atoms. The van der Waals surface area contributed by atoms with Crippen molar-refractivity contribution in [1.29, 1.82) is 0 Å². The maximum absolute atomic E-state index is 12.4. The van der Waals surface area contributed by atoms with E-state index in [0.29, 0.717) is 30.6 Å². The SMILES string of the molecule is CC(C)c1ccccc1OCCNS(=O)(=O)c1ccc2c(c1)OCCO2. The highest BCUT2D eigenvalue weighted by Crippen LogP contribution is 2.32. The predicted molar refractivity (Wildman–Crippen MR) is 98.6 cm³/mol. The third-order valence-electron chi connectivity index (χ3n) is 4.02. The van der Waals surface area contributed by atoms with Crippen LogP contribution in [0.4, 0.5) is 0 Å². The molecule has 0 fully saturated rings. The van der Waals surface area contributed by atoms with Crippen LogP contribution in [0.15, 0.2) is 47.4 Å². The quantitative estimate of drug-likeness (QED) is 0.751. The molecule has 0 aliphatic carbocycles. The van der Waals surface area contributed by atoms with Gasteiger partial charge in [0.25, 0.3) is 0 Å². The summed E-state index contributed by atoms with van der Waals surface area (Å²) in [6.45, 7) is 5.47. The van der Waals surface area contributed by atoms with Crippen molar-refractivity contribution in [3.8, 4) is 17.2 Å². The van der Waals surface area contributed by atoms with Crippen molar-refractivity contribution in [2.24, 2.45) is 0 Å². The number of hydrogen-bond donors (Lipinski definition) is 1. The van der Waals surface area contributed by atoms with Gasteiger partial charge in [-0.2, -0.15) is 0 Å². The predicted octanol–water partition coefficient (Wildman–Crippen LogP) is 2.94. The maximum atomic E-state index is 12.4. The van der Waals surface area contributed by atoms with Crippen molar-refractivity contribution >= 4 is 10.0 Å². The molecule has 0 saturated heterocycles. The highest BCUT2D eigenvalue weighted by molar-refractivity contribution is 7.89. The molecule has 140 valence electrons. The average molecular weight is 377 g/mol. The lowest BCUT2D eigenvalue weighted by Crippen LogP contribution is -2.28. The Hall–Kier alpha value is -2.25. The van der Waals surface area contributed by atoms with Gasteiger partial charge in [0.05, 0.1) is 4.90 Å². The third-order valence-corrected chi connectivity index (χ3v) is 5.48. The Morgan fingerprint density at radius 3 is 2.58 bits per heavy atom. The van der Waals surface area contributed by atoms with E-state index in [1.165, 1.54) is 12.1 Å². The van der Waals surface area contributed by atoms with Crippen molar-refractivity contribution in [1.82, 2.24) is 4.72 Å². The van der Waals surface area contributed by atoms with E-state index in [9.17, 15) is 8.42 Å². The molecular weight excluding hydrogens is 354 g/mol. The molecule has 2 aromatic rings. The van der Waals surface area contributed by atoms with Gasteiger partial charge in [-0.05, 0) is 29.7 Å². The summed E-state index contributed by atoms with van der Waals surface area (Å²) in [5, 5.41) is 0. The highest BCUT2D eigenvalue weighted by Gasteiger charge is 2.19. The van der Waals surface area contributed by atoms with Gasteiger partial charge < -0.3 is 14.2 Å². The number of para-hydroxylation sites is 1. The van der Waals surface area contributed by atoms with Crippen molar-refractivity contribution in [2.45, 2.75) is 24.7 Å². The molecule has 7 heteroatoms. The Labute approximate surface area is 154 Å². The van der Waals surface area contributed by atoms with Gasteiger partial charge >= 0.3 is 0 Å². The largest absolute Gasteiger partial charge is 0.492 e. The summed E-state index contributed by atoms with van der Waals surface area (Å²) in [4.78, 5) is 0.143. The number of benzene rings is 2. The summed E-state index contributed by atoms with van der Waals surface area (Å²) in [5.41, 5.74) is 1.10. The first-order chi connectivity index (χ1) is 12.5. The van der Waals surface area contributed by atoms with Gasteiger partial charge in [-0.3, -0.25) is 0 Å². The summed E-state index contributed by atoms with van der Waals surface area (Å²) < 4.78 is 44.0. The first kappa shape index (κ1) is 18.5. The van der Waals surface area contributed by atoms with Crippen molar-refractivity contribution in [2.75, 3.05) is 26.4 Å². The second kappa shape index (κ2) is 7.97. The normalized spacial score (nSPS) is 13.7. The van der Waals surface area contributed by atoms with Crippen LogP contribution < -0.4 is 18.9 Å². The van der Waals surface area contributed by atoms with E-state index in [0.717, 1.165) is 11.3 Å². The van der Waals surface area contributed by atoms with Crippen LogP contribution in [0.1, 0.15) is 25.3 Å². The Morgan fingerprint density at radius 2 is 1.81 bits per heavy atom. The molecule has 0 atom stereocenters. The average Bonchev–Trinajstić information content (AvgIpc) is 2.65. The molecule has 0 unspecified atom stereocenters. The lowest BCUT2D eigenvalue weighted by Gasteiger charge is -2.19. The number of fused-ring (bicyclic) bond motifs is 1. The Morgan fingerprint density at radius 1 is 1.08 bits per heavy atom. The summed E-state index contributed by atoms with van der Waals surface area (Å²) in [7, 11) is -3.64. The summed E-state index contributed by atoms with van der Waals surface area (Å²) >= 11 is 0. The second-order valence-corrected chi connectivity index (χ2v) is 8.01. The van der Waals surface area contributed by atoms with Crippen LogP contribution in [-0.2, 0) is 10.0 Å². The van der Waals surface area contributed by atoms with Crippen molar-refractivity contribution < 1.29 is 22.6 Å².